The summed E-state index contributed by atoms with van der Waals surface area (Å²) in [5, 5.41) is 0. The SMILES string of the molecule is Cc1cccc(COc2ccc(N)cc2C(F)(F)F)c1. The second-order valence-corrected chi connectivity index (χ2v) is 4.53. The molecular formula is C15H14F3NO. The van der Waals surface area contributed by atoms with Crippen LogP contribution < -0.4 is 10.5 Å². The van der Waals surface area contributed by atoms with Crippen molar-refractivity contribution in [3.8, 4) is 5.75 Å². The Morgan fingerprint density at radius 2 is 1.85 bits per heavy atom. The first-order chi connectivity index (χ1) is 9.36. The lowest BCUT2D eigenvalue weighted by molar-refractivity contribution is -0.139. The molecule has 2 N–H and O–H groups in total. The molecule has 2 nitrogen and oxygen atoms in total. The van der Waals surface area contributed by atoms with Crippen LogP contribution in [0.15, 0.2) is 42.5 Å². The number of hydrogen-bond acceptors (Lipinski definition) is 2. The standard InChI is InChI=1S/C15H14F3NO/c1-10-3-2-4-11(7-10)9-20-14-6-5-12(19)8-13(14)15(16,17)18/h2-8H,9,19H2,1H3. The normalized spacial score (nSPS) is 11.4. The maximum Gasteiger partial charge on any atom is 0.420 e. The van der Waals surface area contributed by atoms with Crippen molar-refractivity contribution in [2.24, 2.45) is 0 Å². The third-order valence-electron chi connectivity index (χ3n) is 2.79. The van der Waals surface area contributed by atoms with Crippen LogP contribution in [0.1, 0.15) is 16.7 Å². The second-order valence-electron chi connectivity index (χ2n) is 4.53. The largest absolute Gasteiger partial charge is 0.488 e. The van der Waals surface area contributed by atoms with Gasteiger partial charge in [0.25, 0.3) is 0 Å². The third-order valence-corrected chi connectivity index (χ3v) is 2.79. The van der Waals surface area contributed by atoms with Crippen LogP contribution in [-0.2, 0) is 12.8 Å². The molecular weight excluding hydrogens is 267 g/mol. The van der Waals surface area contributed by atoms with Gasteiger partial charge in [-0.05, 0) is 30.7 Å². The van der Waals surface area contributed by atoms with Gasteiger partial charge >= 0.3 is 6.18 Å². The van der Waals surface area contributed by atoms with Gasteiger partial charge in [0, 0.05) is 5.69 Å². The number of anilines is 1. The molecule has 0 saturated carbocycles. The van der Waals surface area contributed by atoms with Gasteiger partial charge in [0.15, 0.2) is 0 Å². The smallest absolute Gasteiger partial charge is 0.420 e. The summed E-state index contributed by atoms with van der Waals surface area (Å²) in [6.07, 6.45) is -4.49. The molecule has 0 aliphatic carbocycles. The minimum Gasteiger partial charge on any atom is -0.488 e. The minimum absolute atomic E-state index is 0.0558. The fraction of sp³-hybridized carbons (Fsp3) is 0.200. The van der Waals surface area contributed by atoms with E-state index in [4.69, 9.17) is 10.5 Å². The molecule has 20 heavy (non-hydrogen) atoms. The molecule has 106 valence electrons. The average molecular weight is 281 g/mol. The van der Waals surface area contributed by atoms with Gasteiger partial charge in [-0.15, -0.1) is 0 Å². The number of nitrogens with two attached hydrogens (primary N) is 1. The van der Waals surface area contributed by atoms with Gasteiger partial charge in [-0.1, -0.05) is 29.8 Å². The molecule has 0 heterocycles. The summed E-state index contributed by atoms with van der Waals surface area (Å²) in [5.41, 5.74) is 6.44. The maximum absolute atomic E-state index is 12.9. The van der Waals surface area contributed by atoms with E-state index in [9.17, 15) is 13.2 Å². The molecule has 5 heteroatoms. The van der Waals surface area contributed by atoms with Gasteiger partial charge in [0.2, 0.25) is 0 Å². The lowest BCUT2D eigenvalue weighted by Crippen LogP contribution is -2.09. The van der Waals surface area contributed by atoms with Crippen LogP contribution in [0, 0.1) is 6.92 Å². The van der Waals surface area contributed by atoms with Crippen molar-refractivity contribution in [1.29, 1.82) is 0 Å². The number of nitrogen functional groups attached to an aromatic ring is 1. The third kappa shape index (κ3) is 3.44. The lowest BCUT2D eigenvalue weighted by atomic mass is 10.1. The highest BCUT2D eigenvalue weighted by Gasteiger charge is 2.34. The predicted octanol–water partition coefficient (Wildman–Crippen LogP) is 4.18. The number of ether oxygens (including phenoxy) is 1. The Kier molecular flexibility index (Phi) is 3.88. The summed E-state index contributed by atoms with van der Waals surface area (Å²) in [4.78, 5) is 0. The number of rotatable bonds is 3. The summed E-state index contributed by atoms with van der Waals surface area (Å²) in [7, 11) is 0. The number of hydrogen-bond donors (Lipinski definition) is 1. The fourth-order valence-electron chi connectivity index (χ4n) is 1.86. The quantitative estimate of drug-likeness (QED) is 0.857. The first kappa shape index (κ1) is 14.2. The molecule has 0 radical (unpaired) electrons. The highest BCUT2D eigenvalue weighted by molar-refractivity contribution is 5.49. The van der Waals surface area contributed by atoms with Gasteiger partial charge < -0.3 is 10.5 Å². The van der Waals surface area contributed by atoms with E-state index in [0.29, 0.717) is 0 Å². The zero-order chi connectivity index (χ0) is 14.8. The molecule has 2 aromatic carbocycles. The highest BCUT2D eigenvalue weighted by atomic mass is 19.4. The molecule has 0 aromatic heterocycles. The zero-order valence-electron chi connectivity index (χ0n) is 10.9. The Morgan fingerprint density at radius 3 is 2.50 bits per heavy atom. The van der Waals surface area contributed by atoms with Crippen molar-refractivity contribution in [3.63, 3.8) is 0 Å². The molecule has 0 atom stereocenters. The van der Waals surface area contributed by atoms with Crippen LogP contribution in [0.25, 0.3) is 0 Å². The molecule has 0 saturated heterocycles. The Hall–Kier alpha value is -2.17. The van der Waals surface area contributed by atoms with Gasteiger partial charge in [-0.3, -0.25) is 0 Å². The van der Waals surface area contributed by atoms with Crippen molar-refractivity contribution in [2.75, 3.05) is 5.73 Å². The van der Waals surface area contributed by atoms with E-state index >= 15 is 0 Å². The summed E-state index contributed by atoms with van der Waals surface area (Å²) in [6, 6.07) is 10.9. The van der Waals surface area contributed by atoms with Gasteiger partial charge in [-0.2, -0.15) is 13.2 Å². The topological polar surface area (TPSA) is 35.2 Å². The molecule has 0 aliphatic rings. The Bertz CT molecular complexity index is 608. The van der Waals surface area contributed by atoms with Gasteiger partial charge in [-0.25, -0.2) is 0 Å². The molecule has 0 unspecified atom stereocenters. The van der Waals surface area contributed by atoms with Gasteiger partial charge in [0.05, 0.1) is 5.56 Å². The average Bonchev–Trinajstić information content (AvgIpc) is 2.36. The second kappa shape index (κ2) is 5.45. The van der Waals surface area contributed by atoms with E-state index in [1.54, 1.807) is 6.07 Å². The summed E-state index contributed by atoms with van der Waals surface area (Å²) < 4.78 is 43.9. The maximum atomic E-state index is 12.9. The van der Waals surface area contributed by atoms with E-state index in [0.717, 1.165) is 17.2 Å². The van der Waals surface area contributed by atoms with E-state index in [2.05, 4.69) is 0 Å². The highest BCUT2D eigenvalue weighted by Crippen LogP contribution is 2.37. The minimum atomic E-state index is -4.49. The molecule has 0 fully saturated rings. The lowest BCUT2D eigenvalue weighted by Gasteiger charge is -2.14. The summed E-state index contributed by atoms with van der Waals surface area (Å²) in [5.74, 6) is -0.215. The van der Waals surface area contributed by atoms with E-state index in [1.165, 1.54) is 12.1 Å². The van der Waals surface area contributed by atoms with Crippen LogP contribution in [0.2, 0.25) is 0 Å². The fourth-order valence-corrected chi connectivity index (χ4v) is 1.86. The number of aryl methyl sites for hydroxylation is 1. The Balaban J connectivity index is 2.21. The first-order valence-corrected chi connectivity index (χ1v) is 6.01. The molecule has 0 aliphatic heterocycles. The first-order valence-electron chi connectivity index (χ1n) is 6.01. The van der Waals surface area contributed by atoms with Gasteiger partial charge in [0.1, 0.15) is 12.4 Å². The van der Waals surface area contributed by atoms with Crippen molar-refractivity contribution in [2.45, 2.75) is 19.7 Å². The van der Waals surface area contributed by atoms with E-state index < -0.39 is 11.7 Å². The molecule has 2 aromatic rings. The van der Waals surface area contributed by atoms with E-state index in [-0.39, 0.29) is 18.0 Å². The number of alkyl halides is 3. The number of benzene rings is 2. The van der Waals surface area contributed by atoms with Crippen LogP contribution in [-0.4, -0.2) is 0 Å². The van der Waals surface area contributed by atoms with Crippen LogP contribution >= 0.6 is 0 Å². The molecule has 0 spiro atoms. The molecule has 0 bridgehead atoms. The zero-order valence-corrected chi connectivity index (χ0v) is 10.9. The van der Waals surface area contributed by atoms with Crippen LogP contribution in [0.5, 0.6) is 5.75 Å². The van der Waals surface area contributed by atoms with E-state index in [1.807, 2.05) is 25.1 Å². The summed E-state index contributed by atoms with van der Waals surface area (Å²) in [6.45, 7) is 1.99. The Labute approximate surface area is 115 Å². The van der Waals surface area contributed by atoms with Crippen molar-refractivity contribution in [1.82, 2.24) is 0 Å². The van der Waals surface area contributed by atoms with Crippen molar-refractivity contribution < 1.29 is 17.9 Å². The van der Waals surface area contributed by atoms with Crippen molar-refractivity contribution in [3.05, 3.63) is 59.2 Å². The van der Waals surface area contributed by atoms with Crippen molar-refractivity contribution >= 4 is 5.69 Å². The molecule has 0 amide bonds. The van der Waals surface area contributed by atoms with Crippen LogP contribution in [0.4, 0.5) is 18.9 Å². The van der Waals surface area contributed by atoms with Crippen LogP contribution in [0.3, 0.4) is 0 Å². The number of halogens is 3. The summed E-state index contributed by atoms with van der Waals surface area (Å²) >= 11 is 0. The molecule has 2 rings (SSSR count). The Morgan fingerprint density at radius 1 is 1.10 bits per heavy atom. The monoisotopic (exact) mass is 281 g/mol. The predicted molar refractivity (Wildman–Crippen MR) is 71.4 cm³/mol.